The molecule has 1 fully saturated rings. The zero-order valence-electron chi connectivity index (χ0n) is 14.5. The van der Waals surface area contributed by atoms with E-state index in [4.69, 9.17) is 9.72 Å². The third-order valence-electron chi connectivity index (χ3n) is 4.76. The number of fused-ring (bicyclic) bond motifs is 1. The Morgan fingerprint density at radius 3 is 2.60 bits per heavy atom. The zero-order chi connectivity index (χ0) is 17.4. The van der Waals surface area contributed by atoms with Crippen molar-refractivity contribution in [1.29, 1.82) is 0 Å². The topological polar surface area (TPSA) is 27.1 Å². The van der Waals surface area contributed by atoms with Gasteiger partial charge in [-0.25, -0.2) is 4.98 Å². The Morgan fingerprint density at radius 2 is 1.96 bits per heavy atom. The van der Waals surface area contributed by atoms with Gasteiger partial charge in [-0.3, -0.25) is 0 Å². The van der Waals surface area contributed by atoms with Crippen molar-refractivity contribution in [2.45, 2.75) is 25.3 Å². The molecule has 0 amide bonds. The van der Waals surface area contributed by atoms with Gasteiger partial charge in [-0.15, -0.1) is 0 Å². The number of hydrogen-bond donors (Lipinski definition) is 0. The highest BCUT2D eigenvalue weighted by molar-refractivity contribution is 9.10. The average Bonchev–Trinajstić information content (AvgIpc) is 3.42. The number of aromatic nitrogens is 2. The summed E-state index contributed by atoms with van der Waals surface area (Å²) in [7, 11) is 1.72. The van der Waals surface area contributed by atoms with Crippen molar-refractivity contribution in [2.75, 3.05) is 19.1 Å². The van der Waals surface area contributed by atoms with E-state index in [2.05, 4.69) is 51.0 Å². The quantitative estimate of drug-likeness (QED) is 0.514. The number of aryl methyl sites for hydroxylation is 1. The summed E-state index contributed by atoms with van der Waals surface area (Å²) in [6, 6.07) is 13.0. The van der Waals surface area contributed by atoms with Gasteiger partial charge in [-0.05, 0) is 58.6 Å². The Kier molecular flexibility index (Phi) is 4.78. The number of halogens is 1. The van der Waals surface area contributed by atoms with Crippen LogP contribution in [0.15, 0.2) is 40.9 Å². The molecule has 0 N–H and O–H groups in total. The van der Waals surface area contributed by atoms with Crippen molar-refractivity contribution in [3.63, 3.8) is 0 Å². The van der Waals surface area contributed by atoms with Crippen LogP contribution < -0.4 is 4.74 Å². The summed E-state index contributed by atoms with van der Waals surface area (Å²) in [5, 5.41) is 0. The van der Waals surface area contributed by atoms with Gasteiger partial charge in [0.15, 0.2) is 0 Å². The van der Waals surface area contributed by atoms with E-state index in [0.717, 1.165) is 50.9 Å². The molecule has 0 bridgehead atoms. The molecule has 0 unspecified atom stereocenters. The number of rotatable bonds is 6. The maximum absolute atomic E-state index is 5.62. The molecule has 1 saturated carbocycles. The first kappa shape index (κ1) is 17.0. The monoisotopic (exact) mass is 416 g/mol. The molecule has 2 aromatic carbocycles. The summed E-state index contributed by atoms with van der Waals surface area (Å²) in [6.07, 6.45) is 4.79. The van der Waals surface area contributed by atoms with E-state index in [1.54, 1.807) is 7.11 Å². The van der Waals surface area contributed by atoms with Crippen LogP contribution in [0.1, 0.15) is 24.3 Å². The fourth-order valence-corrected chi connectivity index (χ4v) is 4.06. The lowest BCUT2D eigenvalue weighted by Gasteiger charge is -2.11. The third-order valence-corrected chi connectivity index (χ3v) is 6.00. The van der Waals surface area contributed by atoms with Crippen LogP contribution >= 0.6 is 27.7 Å². The second-order valence-electron chi connectivity index (χ2n) is 6.42. The van der Waals surface area contributed by atoms with Crippen LogP contribution in [0, 0.1) is 0 Å². The van der Waals surface area contributed by atoms with Crippen LogP contribution in [0.25, 0.3) is 22.4 Å². The second-order valence-corrected chi connectivity index (χ2v) is 8.26. The summed E-state index contributed by atoms with van der Waals surface area (Å²) in [6.45, 7) is 0.907. The summed E-state index contributed by atoms with van der Waals surface area (Å²) >= 11 is 5.49. The van der Waals surface area contributed by atoms with Crippen molar-refractivity contribution in [3.05, 3.63) is 46.4 Å². The Labute approximate surface area is 160 Å². The highest BCUT2D eigenvalue weighted by Gasteiger charge is 2.24. The van der Waals surface area contributed by atoms with E-state index in [0.29, 0.717) is 0 Å². The van der Waals surface area contributed by atoms with E-state index in [1.807, 2.05) is 23.9 Å². The fraction of sp³-hybridized carbons (Fsp3) is 0.350. The molecule has 130 valence electrons. The third kappa shape index (κ3) is 3.20. The molecule has 1 aliphatic rings. The van der Waals surface area contributed by atoms with Crippen molar-refractivity contribution < 1.29 is 4.74 Å². The van der Waals surface area contributed by atoms with Crippen molar-refractivity contribution in [2.24, 2.45) is 0 Å². The maximum Gasteiger partial charge on any atom is 0.144 e. The smallest absolute Gasteiger partial charge is 0.144 e. The molecule has 3 nitrogen and oxygen atoms in total. The fourth-order valence-electron chi connectivity index (χ4n) is 3.28. The van der Waals surface area contributed by atoms with Crippen LogP contribution in [0.5, 0.6) is 5.75 Å². The zero-order valence-corrected chi connectivity index (χ0v) is 16.9. The van der Waals surface area contributed by atoms with Gasteiger partial charge in [0.1, 0.15) is 22.6 Å². The van der Waals surface area contributed by atoms with E-state index in [9.17, 15) is 0 Å². The first-order valence-corrected chi connectivity index (χ1v) is 10.7. The lowest BCUT2D eigenvalue weighted by molar-refractivity contribution is 0.417. The Hall–Kier alpha value is -1.46. The largest absolute Gasteiger partial charge is 0.494 e. The van der Waals surface area contributed by atoms with E-state index >= 15 is 0 Å². The first-order chi connectivity index (χ1) is 12.2. The highest BCUT2D eigenvalue weighted by Crippen LogP contribution is 2.41. The predicted octanol–water partition coefficient (Wildman–Crippen LogP) is 5.71. The van der Waals surface area contributed by atoms with Gasteiger partial charge in [0.25, 0.3) is 0 Å². The van der Waals surface area contributed by atoms with Gasteiger partial charge in [0.05, 0.1) is 7.11 Å². The molecule has 5 heteroatoms. The molecular formula is C20H21BrN2OS. The summed E-state index contributed by atoms with van der Waals surface area (Å²) in [4.78, 5) is 4.96. The Balaban J connectivity index is 1.87. The minimum Gasteiger partial charge on any atom is -0.494 e. The molecule has 1 aliphatic carbocycles. The number of nitrogens with zero attached hydrogens (tertiary/aromatic N) is 2. The summed E-state index contributed by atoms with van der Waals surface area (Å²) < 4.78 is 8.92. The van der Waals surface area contributed by atoms with Gasteiger partial charge in [-0.1, -0.05) is 24.3 Å². The molecule has 0 aliphatic heterocycles. The summed E-state index contributed by atoms with van der Waals surface area (Å²) in [5.74, 6) is 3.69. The van der Waals surface area contributed by atoms with Crippen LogP contribution in [0.4, 0.5) is 0 Å². The number of benzene rings is 2. The standard InChI is InChI=1S/C20H21BrN2OS/c1-24-17-10-9-16(21)18-19(17)23(11-12-25-2)20(22-18)15-7-5-14(6-8-15)13-3-4-13/h5-10,13H,3-4,11-12H2,1-2H3. The SMILES string of the molecule is COc1ccc(Br)c2nc(-c3ccc(C4CC4)cc3)n(CCSC)c12. The first-order valence-electron chi connectivity index (χ1n) is 8.55. The minimum absolute atomic E-state index is 0.776. The van der Waals surface area contributed by atoms with E-state index in [-0.39, 0.29) is 0 Å². The van der Waals surface area contributed by atoms with Crippen molar-refractivity contribution in [1.82, 2.24) is 9.55 Å². The normalized spacial score (nSPS) is 14.2. The van der Waals surface area contributed by atoms with Gasteiger partial charge in [0, 0.05) is 22.3 Å². The number of hydrogen-bond acceptors (Lipinski definition) is 3. The number of thioether (sulfide) groups is 1. The predicted molar refractivity (Wildman–Crippen MR) is 110 cm³/mol. The molecule has 3 aromatic rings. The molecule has 4 rings (SSSR count). The summed E-state index contributed by atoms with van der Waals surface area (Å²) in [5.41, 5.74) is 4.64. The van der Waals surface area contributed by atoms with Crippen molar-refractivity contribution in [3.8, 4) is 17.1 Å². The van der Waals surface area contributed by atoms with E-state index < -0.39 is 0 Å². The van der Waals surface area contributed by atoms with Gasteiger partial charge in [0.2, 0.25) is 0 Å². The molecule has 1 heterocycles. The van der Waals surface area contributed by atoms with E-state index in [1.165, 1.54) is 18.4 Å². The molecule has 0 spiro atoms. The van der Waals surface area contributed by atoms with Crippen LogP contribution in [0.2, 0.25) is 0 Å². The number of imidazole rings is 1. The number of ether oxygens (including phenoxy) is 1. The lowest BCUT2D eigenvalue weighted by atomic mass is 10.1. The van der Waals surface area contributed by atoms with Crippen LogP contribution in [-0.4, -0.2) is 28.7 Å². The minimum atomic E-state index is 0.776. The Bertz CT molecular complexity index is 900. The maximum atomic E-state index is 5.62. The highest BCUT2D eigenvalue weighted by atomic mass is 79.9. The molecule has 1 aromatic heterocycles. The Morgan fingerprint density at radius 1 is 1.20 bits per heavy atom. The molecule has 0 radical (unpaired) electrons. The van der Waals surface area contributed by atoms with Crippen LogP contribution in [0.3, 0.4) is 0 Å². The van der Waals surface area contributed by atoms with Gasteiger partial charge >= 0.3 is 0 Å². The average molecular weight is 417 g/mol. The van der Waals surface area contributed by atoms with Crippen LogP contribution in [-0.2, 0) is 6.54 Å². The molecule has 0 saturated heterocycles. The molecule has 25 heavy (non-hydrogen) atoms. The van der Waals surface area contributed by atoms with Gasteiger partial charge in [-0.2, -0.15) is 11.8 Å². The second kappa shape index (κ2) is 7.04. The molecular weight excluding hydrogens is 396 g/mol. The molecule has 0 atom stereocenters. The number of methoxy groups -OCH3 is 1. The van der Waals surface area contributed by atoms with Gasteiger partial charge < -0.3 is 9.30 Å². The van der Waals surface area contributed by atoms with Crippen molar-refractivity contribution >= 4 is 38.7 Å². The lowest BCUT2D eigenvalue weighted by Crippen LogP contribution is -2.04.